The van der Waals surface area contributed by atoms with Crippen molar-refractivity contribution in [2.24, 2.45) is 0 Å². The Bertz CT molecular complexity index is 123. The highest BCUT2D eigenvalue weighted by Crippen LogP contribution is 2.13. The number of alkyl halides is 1. The zero-order valence-electron chi connectivity index (χ0n) is 8.47. The standard InChI is InChI=1S/C10H20BrNO/c1-2-12(7-6-11)9-10-5-3-4-8-13-10/h10H,2-9H2,1H3. The molecular weight excluding hydrogens is 230 g/mol. The van der Waals surface area contributed by atoms with E-state index in [-0.39, 0.29) is 0 Å². The van der Waals surface area contributed by atoms with E-state index in [4.69, 9.17) is 4.74 Å². The van der Waals surface area contributed by atoms with Gasteiger partial charge in [-0.2, -0.15) is 0 Å². The number of ether oxygens (including phenoxy) is 1. The van der Waals surface area contributed by atoms with Crippen LogP contribution >= 0.6 is 15.9 Å². The van der Waals surface area contributed by atoms with Crippen LogP contribution < -0.4 is 0 Å². The van der Waals surface area contributed by atoms with E-state index in [0.29, 0.717) is 6.10 Å². The zero-order valence-corrected chi connectivity index (χ0v) is 10.1. The summed E-state index contributed by atoms with van der Waals surface area (Å²) in [6, 6.07) is 0. The Labute approximate surface area is 89.8 Å². The molecule has 1 unspecified atom stereocenters. The summed E-state index contributed by atoms with van der Waals surface area (Å²) in [5.41, 5.74) is 0. The Morgan fingerprint density at radius 1 is 1.46 bits per heavy atom. The maximum Gasteiger partial charge on any atom is 0.0702 e. The fourth-order valence-corrected chi connectivity index (χ4v) is 2.24. The lowest BCUT2D eigenvalue weighted by Gasteiger charge is -2.28. The van der Waals surface area contributed by atoms with Crippen LogP contribution in [0.1, 0.15) is 26.2 Å². The second kappa shape index (κ2) is 6.80. The summed E-state index contributed by atoms with van der Waals surface area (Å²) < 4.78 is 5.70. The third kappa shape index (κ3) is 4.43. The number of likely N-dealkylation sites (N-methyl/N-ethyl adjacent to an activating group) is 1. The second-order valence-electron chi connectivity index (χ2n) is 3.57. The van der Waals surface area contributed by atoms with Crippen molar-refractivity contribution in [1.29, 1.82) is 0 Å². The molecule has 13 heavy (non-hydrogen) atoms. The lowest BCUT2D eigenvalue weighted by molar-refractivity contribution is -0.00376. The fraction of sp³-hybridized carbons (Fsp3) is 1.00. The first-order valence-corrected chi connectivity index (χ1v) is 6.39. The third-order valence-electron chi connectivity index (χ3n) is 2.58. The van der Waals surface area contributed by atoms with E-state index in [2.05, 4.69) is 27.8 Å². The van der Waals surface area contributed by atoms with Crippen molar-refractivity contribution in [3.8, 4) is 0 Å². The SMILES string of the molecule is CCN(CCBr)CC1CCCCO1. The molecule has 0 N–H and O–H groups in total. The average Bonchev–Trinajstić information content (AvgIpc) is 2.19. The molecule has 1 fully saturated rings. The van der Waals surface area contributed by atoms with Gasteiger partial charge in [0.05, 0.1) is 6.10 Å². The molecule has 78 valence electrons. The molecule has 0 amide bonds. The van der Waals surface area contributed by atoms with Crippen LogP contribution in [0.5, 0.6) is 0 Å². The van der Waals surface area contributed by atoms with Gasteiger partial charge in [-0.3, -0.25) is 0 Å². The average molecular weight is 250 g/mol. The number of hydrogen-bond acceptors (Lipinski definition) is 2. The molecule has 0 saturated carbocycles. The van der Waals surface area contributed by atoms with Gasteiger partial charge >= 0.3 is 0 Å². The number of nitrogens with zero attached hydrogens (tertiary/aromatic N) is 1. The van der Waals surface area contributed by atoms with Crippen molar-refractivity contribution in [3.05, 3.63) is 0 Å². The first kappa shape index (κ1) is 11.5. The van der Waals surface area contributed by atoms with Crippen LogP contribution in [0.4, 0.5) is 0 Å². The van der Waals surface area contributed by atoms with Crippen molar-refractivity contribution in [3.63, 3.8) is 0 Å². The Morgan fingerprint density at radius 2 is 2.31 bits per heavy atom. The Hall–Kier alpha value is 0.400. The highest BCUT2D eigenvalue weighted by atomic mass is 79.9. The van der Waals surface area contributed by atoms with Gasteiger partial charge in [0.1, 0.15) is 0 Å². The highest BCUT2D eigenvalue weighted by molar-refractivity contribution is 9.09. The molecule has 0 aromatic rings. The Kier molecular flexibility index (Phi) is 6.00. The van der Waals surface area contributed by atoms with Gasteiger partial charge < -0.3 is 9.64 Å². The number of hydrogen-bond donors (Lipinski definition) is 0. The smallest absolute Gasteiger partial charge is 0.0702 e. The summed E-state index contributed by atoms with van der Waals surface area (Å²) in [5.74, 6) is 0. The second-order valence-corrected chi connectivity index (χ2v) is 4.36. The molecule has 1 aliphatic rings. The molecule has 0 aliphatic carbocycles. The maximum atomic E-state index is 5.70. The largest absolute Gasteiger partial charge is 0.377 e. The van der Waals surface area contributed by atoms with Gasteiger partial charge in [0.15, 0.2) is 0 Å². The number of rotatable bonds is 5. The van der Waals surface area contributed by atoms with Crippen LogP contribution in [0.25, 0.3) is 0 Å². The molecule has 0 spiro atoms. The topological polar surface area (TPSA) is 12.5 Å². The van der Waals surface area contributed by atoms with E-state index in [9.17, 15) is 0 Å². The number of halogens is 1. The van der Waals surface area contributed by atoms with E-state index in [0.717, 1.165) is 31.6 Å². The van der Waals surface area contributed by atoms with Gasteiger partial charge in [-0.05, 0) is 25.8 Å². The van der Waals surface area contributed by atoms with Gasteiger partial charge in [0, 0.05) is 25.0 Å². The lowest BCUT2D eigenvalue weighted by Crippen LogP contribution is -2.36. The molecule has 1 saturated heterocycles. The van der Waals surface area contributed by atoms with Crippen LogP contribution in [0.15, 0.2) is 0 Å². The van der Waals surface area contributed by atoms with E-state index in [1.54, 1.807) is 0 Å². The summed E-state index contributed by atoms with van der Waals surface area (Å²) in [5, 5.41) is 1.06. The van der Waals surface area contributed by atoms with Gasteiger partial charge in [0.25, 0.3) is 0 Å². The minimum atomic E-state index is 0.493. The van der Waals surface area contributed by atoms with Crippen molar-refractivity contribution in [1.82, 2.24) is 4.90 Å². The first-order chi connectivity index (χ1) is 6.36. The molecular formula is C10H20BrNO. The van der Waals surface area contributed by atoms with Crippen molar-refractivity contribution >= 4 is 15.9 Å². The molecule has 0 bridgehead atoms. The summed E-state index contributed by atoms with van der Waals surface area (Å²) in [4.78, 5) is 2.45. The molecule has 1 rings (SSSR count). The summed E-state index contributed by atoms with van der Waals surface area (Å²) >= 11 is 3.47. The fourth-order valence-electron chi connectivity index (χ4n) is 1.74. The van der Waals surface area contributed by atoms with Gasteiger partial charge in [-0.1, -0.05) is 22.9 Å². The summed E-state index contributed by atoms with van der Waals surface area (Å²) in [7, 11) is 0. The van der Waals surface area contributed by atoms with Crippen molar-refractivity contribution in [2.45, 2.75) is 32.3 Å². The Balaban J connectivity index is 2.18. The minimum Gasteiger partial charge on any atom is -0.377 e. The van der Waals surface area contributed by atoms with Crippen LogP contribution in [-0.2, 0) is 4.74 Å². The van der Waals surface area contributed by atoms with Crippen molar-refractivity contribution < 1.29 is 4.74 Å². The first-order valence-electron chi connectivity index (χ1n) is 5.26. The highest BCUT2D eigenvalue weighted by Gasteiger charge is 2.16. The third-order valence-corrected chi connectivity index (χ3v) is 2.94. The normalized spacial score (nSPS) is 23.8. The molecule has 0 aromatic heterocycles. The van der Waals surface area contributed by atoms with Gasteiger partial charge in [-0.25, -0.2) is 0 Å². The van der Waals surface area contributed by atoms with E-state index >= 15 is 0 Å². The monoisotopic (exact) mass is 249 g/mol. The van der Waals surface area contributed by atoms with Crippen LogP contribution in [0, 0.1) is 0 Å². The summed E-state index contributed by atoms with van der Waals surface area (Å²) in [6.45, 7) is 6.56. The predicted octanol–water partition coefficient (Wildman–Crippen LogP) is 2.27. The van der Waals surface area contributed by atoms with E-state index in [1.807, 2.05) is 0 Å². The molecule has 1 aliphatic heterocycles. The van der Waals surface area contributed by atoms with Crippen LogP contribution in [0.3, 0.4) is 0 Å². The summed E-state index contributed by atoms with van der Waals surface area (Å²) in [6.07, 6.45) is 4.34. The molecule has 1 heterocycles. The van der Waals surface area contributed by atoms with E-state index in [1.165, 1.54) is 19.3 Å². The molecule has 0 radical (unpaired) electrons. The van der Waals surface area contributed by atoms with Crippen LogP contribution in [-0.4, -0.2) is 42.6 Å². The Morgan fingerprint density at radius 3 is 2.85 bits per heavy atom. The molecule has 2 nitrogen and oxygen atoms in total. The predicted molar refractivity (Wildman–Crippen MR) is 59.5 cm³/mol. The van der Waals surface area contributed by atoms with E-state index < -0.39 is 0 Å². The molecule has 0 aromatic carbocycles. The zero-order chi connectivity index (χ0) is 9.52. The minimum absolute atomic E-state index is 0.493. The quantitative estimate of drug-likeness (QED) is 0.694. The molecule has 3 heteroatoms. The van der Waals surface area contributed by atoms with Crippen molar-refractivity contribution in [2.75, 3.05) is 31.6 Å². The van der Waals surface area contributed by atoms with Crippen LogP contribution in [0.2, 0.25) is 0 Å². The lowest BCUT2D eigenvalue weighted by atomic mass is 10.1. The van der Waals surface area contributed by atoms with Gasteiger partial charge in [0.2, 0.25) is 0 Å². The van der Waals surface area contributed by atoms with Gasteiger partial charge in [-0.15, -0.1) is 0 Å². The maximum absolute atomic E-state index is 5.70. The molecule has 1 atom stereocenters.